The van der Waals surface area contributed by atoms with E-state index in [0.29, 0.717) is 11.7 Å². The molecule has 0 aromatic rings. The highest BCUT2D eigenvalue weighted by Crippen LogP contribution is 2.38. The second-order valence-corrected chi connectivity index (χ2v) is 9.23. The minimum absolute atomic E-state index is 0.134. The Hall–Kier alpha value is -0.0900. The summed E-state index contributed by atoms with van der Waals surface area (Å²) in [5.41, 5.74) is 0.156. The zero-order valence-electron chi connectivity index (χ0n) is 12.5. The fourth-order valence-corrected chi connectivity index (χ4v) is 5.36. The fourth-order valence-electron chi connectivity index (χ4n) is 2.78. The van der Waals surface area contributed by atoms with Crippen LogP contribution in [0.5, 0.6) is 0 Å². The van der Waals surface area contributed by atoms with Crippen molar-refractivity contribution >= 4 is 9.84 Å². The van der Waals surface area contributed by atoms with E-state index in [1.165, 1.54) is 0 Å². The van der Waals surface area contributed by atoms with Gasteiger partial charge in [0.05, 0.1) is 11.0 Å². The van der Waals surface area contributed by atoms with Crippen molar-refractivity contribution in [3.63, 3.8) is 0 Å². The molecule has 1 fully saturated rings. The van der Waals surface area contributed by atoms with Crippen LogP contribution in [0.2, 0.25) is 0 Å². The molecule has 1 aliphatic carbocycles. The predicted molar refractivity (Wildman–Crippen MR) is 77.5 cm³/mol. The van der Waals surface area contributed by atoms with E-state index < -0.39 is 9.84 Å². The molecule has 4 heteroatoms. The molecule has 0 aromatic heterocycles. The van der Waals surface area contributed by atoms with E-state index in [1.807, 2.05) is 7.05 Å². The van der Waals surface area contributed by atoms with E-state index in [9.17, 15) is 8.42 Å². The van der Waals surface area contributed by atoms with Gasteiger partial charge in [0.25, 0.3) is 0 Å². The van der Waals surface area contributed by atoms with E-state index in [-0.39, 0.29) is 16.7 Å². The highest BCUT2D eigenvalue weighted by Gasteiger charge is 2.41. The minimum Gasteiger partial charge on any atom is -0.316 e. The molecule has 0 spiro atoms. The molecule has 0 bridgehead atoms. The van der Waals surface area contributed by atoms with Crippen molar-refractivity contribution in [1.82, 2.24) is 5.32 Å². The monoisotopic (exact) mass is 275 g/mol. The Kier molecular flexibility index (Phi) is 5.24. The van der Waals surface area contributed by atoms with E-state index in [4.69, 9.17) is 0 Å². The summed E-state index contributed by atoms with van der Waals surface area (Å²) in [6.45, 7) is 8.53. The summed E-state index contributed by atoms with van der Waals surface area (Å²) < 4.78 is 25.0. The van der Waals surface area contributed by atoms with Crippen LogP contribution in [0.15, 0.2) is 0 Å². The Labute approximate surface area is 113 Å². The van der Waals surface area contributed by atoms with Crippen LogP contribution in [0.1, 0.15) is 53.4 Å². The van der Waals surface area contributed by atoms with Crippen molar-refractivity contribution in [3.05, 3.63) is 0 Å². The van der Waals surface area contributed by atoms with Gasteiger partial charge in [-0.1, -0.05) is 27.7 Å². The number of rotatable bonds is 5. The molecule has 3 nitrogen and oxygen atoms in total. The lowest BCUT2D eigenvalue weighted by molar-refractivity contribution is 0.213. The van der Waals surface area contributed by atoms with Crippen molar-refractivity contribution in [3.8, 4) is 0 Å². The van der Waals surface area contributed by atoms with Gasteiger partial charge in [-0.25, -0.2) is 8.42 Å². The molecule has 1 rings (SSSR count). The van der Waals surface area contributed by atoms with Gasteiger partial charge in [0.1, 0.15) is 0 Å². The van der Waals surface area contributed by atoms with Gasteiger partial charge in [-0.05, 0) is 44.1 Å². The first-order valence-electron chi connectivity index (χ1n) is 7.07. The number of hydrogen-bond donors (Lipinski definition) is 1. The average Bonchev–Trinajstić information content (AvgIpc) is 2.25. The molecule has 2 atom stereocenters. The molecule has 108 valence electrons. The molecular formula is C14H29NO2S. The average molecular weight is 275 g/mol. The molecule has 0 saturated heterocycles. The number of nitrogens with one attached hydrogen (secondary N) is 1. The van der Waals surface area contributed by atoms with E-state index in [0.717, 1.165) is 25.7 Å². The third-order valence-corrected chi connectivity index (χ3v) is 6.37. The summed E-state index contributed by atoms with van der Waals surface area (Å²) in [7, 11) is -1.09. The quantitative estimate of drug-likeness (QED) is 0.839. The van der Waals surface area contributed by atoms with Gasteiger partial charge < -0.3 is 5.32 Å². The summed E-state index contributed by atoms with van der Waals surface area (Å²) in [4.78, 5) is 0. The zero-order chi connectivity index (χ0) is 14.0. The Bertz CT molecular complexity index is 360. The van der Waals surface area contributed by atoms with Crippen molar-refractivity contribution in [2.45, 2.75) is 64.7 Å². The molecule has 0 aliphatic heterocycles. The standard InChI is InChI=1S/C14H29NO2S/c1-11(2)7-9-18(16,17)13-10-14(3,4)8-6-12(13)15-5/h11-13,15H,6-10H2,1-5H3. The minimum atomic E-state index is -2.97. The summed E-state index contributed by atoms with van der Waals surface area (Å²) in [5.74, 6) is 0.785. The molecule has 1 saturated carbocycles. The first kappa shape index (κ1) is 16.0. The number of hydrogen-bond acceptors (Lipinski definition) is 3. The van der Waals surface area contributed by atoms with Gasteiger partial charge >= 0.3 is 0 Å². The lowest BCUT2D eigenvalue weighted by Gasteiger charge is -2.40. The van der Waals surface area contributed by atoms with E-state index >= 15 is 0 Å². The second-order valence-electron chi connectivity index (χ2n) is 6.89. The molecular weight excluding hydrogens is 246 g/mol. The predicted octanol–water partition coefficient (Wildman–Crippen LogP) is 2.61. The molecule has 1 N–H and O–H groups in total. The summed E-state index contributed by atoms with van der Waals surface area (Å²) >= 11 is 0. The normalized spacial score (nSPS) is 28.6. The molecule has 0 heterocycles. The van der Waals surface area contributed by atoms with Crippen LogP contribution >= 0.6 is 0 Å². The summed E-state index contributed by atoms with van der Waals surface area (Å²) in [5, 5.41) is 3.00. The third-order valence-electron chi connectivity index (χ3n) is 4.15. The lowest BCUT2D eigenvalue weighted by Crippen LogP contribution is -2.49. The zero-order valence-corrected chi connectivity index (χ0v) is 13.3. The maximum absolute atomic E-state index is 12.5. The Morgan fingerprint density at radius 2 is 1.94 bits per heavy atom. The third kappa shape index (κ3) is 4.23. The van der Waals surface area contributed by atoms with Crippen LogP contribution < -0.4 is 5.32 Å². The molecule has 0 aromatic carbocycles. The Balaban J connectivity index is 2.81. The Morgan fingerprint density at radius 1 is 1.33 bits per heavy atom. The summed E-state index contributed by atoms with van der Waals surface area (Å²) in [6, 6.07) is 0.134. The number of sulfone groups is 1. The highest BCUT2D eigenvalue weighted by molar-refractivity contribution is 7.92. The first-order chi connectivity index (χ1) is 8.18. The highest BCUT2D eigenvalue weighted by atomic mass is 32.2. The Morgan fingerprint density at radius 3 is 2.44 bits per heavy atom. The molecule has 2 unspecified atom stereocenters. The van der Waals surface area contributed by atoms with Crippen molar-refractivity contribution < 1.29 is 8.42 Å². The molecule has 18 heavy (non-hydrogen) atoms. The van der Waals surface area contributed by atoms with Crippen LogP contribution in [-0.4, -0.2) is 32.5 Å². The van der Waals surface area contributed by atoms with Crippen molar-refractivity contribution in [2.24, 2.45) is 11.3 Å². The topological polar surface area (TPSA) is 46.2 Å². The van der Waals surface area contributed by atoms with Crippen LogP contribution in [0.25, 0.3) is 0 Å². The smallest absolute Gasteiger partial charge is 0.154 e. The first-order valence-corrected chi connectivity index (χ1v) is 8.78. The van der Waals surface area contributed by atoms with Gasteiger partial charge in [0.15, 0.2) is 9.84 Å². The van der Waals surface area contributed by atoms with E-state index in [2.05, 4.69) is 33.0 Å². The lowest BCUT2D eigenvalue weighted by atomic mass is 9.75. The largest absolute Gasteiger partial charge is 0.316 e. The maximum Gasteiger partial charge on any atom is 0.154 e. The van der Waals surface area contributed by atoms with Crippen molar-refractivity contribution in [1.29, 1.82) is 0 Å². The maximum atomic E-state index is 12.5. The second kappa shape index (κ2) is 5.91. The SMILES string of the molecule is CNC1CCC(C)(C)CC1S(=O)(=O)CCC(C)C. The van der Waals surface area contributed by atoms with Gasteiger partial charge in [-0.2, -0.15) is 0 Å². The summed E-state index contributed by atoms with van der Waals surface area (Å²) in [6.07, 6.45) is 3.64. The van der Waals surface area contributed by atoms with Gasteiger partial charge in [-0.15, -0.1) is 0 Å². The van der Waals surface area contributed by atoms with Gasteiger partial charge in [0.2, 0.25) is 0 Å². The van der Waals surface area contributed by atoms with Crippen LogP contribution in [0.4, 0.5) is 0 Å². The van der Waals surface area contributed by atoms with Crippen LogP contribution in [0.3, 0.4) is 0 Å². The van der Waals surface area contributed by atoms with Gasteiger partial charge in [-0.3, -0.25) is 0 Å². The molecule has 1 aliphatic rings. The van der Waals surface area contributed by atoms with Crippen LogP contribution in [-0.2, 0) is 9.84 Å². The van der Waals surface area contributed by atoms with Crippen LogP contribution in [0, 0.1) is 11.3 Å². The molecule has 0 amide bonds. The van der Waals surface area contributed by atoms with Gasteiger partial charge in [0, 0.05) is 6.04 Å². The fraction of sp³-hybridized carbons (Fsp3) is 1.00. The molecule has 0 radical (unpaired) electrons. The van der Waals surface area contributed by atoms with E-state index in [1.54, 1.807) is 0 Å². The van der Waals surface area contributed by atoms with Crippen molar-refractivity contribution in [2.75, 3.05) is 12.8 Å².